The molecule has 39 heavy (non-hydrogen) atoms. The minimum absolute atomic E-state index is 0.354. The van der Waals surface area contributed by atoms with E-state index >= 15 is 0 Å². The van der Waals surface area contributed by atoms with Crippen molar-refractivity contribution in [2.45, 2.75) is 92.4 Å². The first kappa shape index (κ1) is 27.9. The van der Waals surface area contributed by atoms with E-state index in [2.05, 4.69) is 43.2 Å². The maximum atomic E-state index is 12.7. The number of aromatic amines is 1. The molecule has 1 fully saturated rings. The van der Waals surface area contributed by atoms with Gasteiger partial charge in [-0.15, -0.1) is 0 Å². The van der Waals surface area contributed by atoms with Gasteiger partial charge < -0.3 is 14.5 Å². The largest absolute Gasteiger partial charge is 0.443 e. The number of benzene rings is 1. The van der Waals surface area contributed by atoms with Gasteiger partial charge in [-0.1, -0.05) is 33.5 Å². The number of fused-ring (bicyclic) bond motifs is 3. The fourth-order valence-electron chi connectivity index (χ4n) is 6.02. The maximum Gasteiger partial charge on any atom is 0.414 e. The second-order valence-corrected chi connectivity index (χ2v) is 19.8. The first-order valence-electron chi connectivity index (χ1n) is 14.2. The van der Waals surface area contributed by atoms with Crippen LogP contribution in [0.1, 0.15) is 51.4 Å². The molecule has 1 saturated carbocycles. The minimum Gasteiger partial charge on any atom is -0.443 e. The number of carbonyl (C=O) groups is 1. The summed E-state index contributed by atoms with van der Waals surface area (Å²) in [4.78, 5) is 22.8. The molecule has 1 amide bonds. The Balaban J connectivity index is 1.47. The summed E-state index contributed by atoms with van der Waals surface area (Å²) < 4.78 is 13.8. The molecule has 0 aliphatic heterocycles. The topological polar surface area (TPSA) is 85.3 Å². The van der Waals surface area contributed by atoms with Gasteiger partial charge in [0.2, 0.25) is 0 Å². The summed E-state index contributed by atoms with van der Waals surface area (Å²) >= 11 is 0. The average molecular weight is 552 g/mol. The van der Waals surface area contributed by atoms with Crippen molar-refractivity contribution in [3.8, 4) is 11.5 Å². The van der Waals surface area contributed by atoms with Gasteiger partial charge in [-0.2, -0.15) is 5.10 Å². The van der Waals surface area contributed by atoms with Crippen LogP contribution in [0.15, 0.2) is 12.1 Å². The van der Waals surface area contributed by atoms with Gasteiger partial charge in [0.15, 0.2) is 5.82 Å². The van der Waals surface area contributed by atoms with Crippen molar-refractivity contribution in [2.24, 2.45) is 17.3 Å². The van der Waals surface area contributed by atoms with Crippen molar-refractivity contribution >= 4 is 30.9 Å². The van der Waals surface area contributed by atoms with Crippen LogP contribution in [-0.4, -0.2) is 53.2 Å². The maximum absolute atomic E-state index is 12.7. The van der Waals surface area contributed by atoms with Crippen molar-refractivity contribution in [3.05, 3.63) is 29.0 Å². The fraction of sp³-hybridized carbons (Fsp3) is 0.633. The highest BCUT2D eigenvalue weighted by Gasteiger charge is 2.60. The number of amides is 1. The highest BCUT2D eigenvalue weighted by atomic mass is 28.3. The molecule has 0 radical (unpaired) electrons. The van der Waals surface area contributed by atoms with Crippen LogP contribution in [0.5, 0.6) is 0 Å². The predicted molar refractivity (Wildman–Crippen MR) is 159 cm³/mol. The molecule has 2 aliphatic rings. The van der Waals surface area contributed by atoms with E-state index in [1.165, 1.54) is 11.3 Å². The van der Waals surface area contributed by atoms with E-state index in [1.807, 2.05) is 39.8 Å². The zero-order valence-corrected chi connectivity index (χ0v) is 26.4. The number of nitrogens with one attached hydrogen (secondary N) is 1. The number of aromatic nitrogens is 4. The number of H-pyrrole nitrogens is 1. The van der Waals surface area contributed by atoms with Crippen LogP contribution in [0.4, 0.5) is 10.5 Å². The van der Waals surface area contributed by atoms with Crippen LogP contribution >= 0.6 is 0 Å². The molecule has 8 nitrogen and oxygen atoms in total. The van der Waals surface area contributed by atoms with Crippen LogP contribution in [0.25, 0.3) is 22.6 Å². The molecular weight excluding hydrogens is 506 g/mol. The van der Waals surface area contributed by atoms with E-state index in [4.69, 9.17) is 19.6 Å². The van der Waals surface area contributed by atoms with Gasteiger partial charge in [-0.25, -0.2) is 14.5 Å². The molecule has 0 unspecified atom stereocenters. The van der Waals surface area contributed by atoms with Gasteiger partial charge in [0.25, 0.3) is 0 Å². The van der Waals surface area contributed by atoms with Gasteiger partial charge in [0.1, 0.15) is 18.0 Å². The molecule has 1 aromatic carbocycles. The lowest BCUT2D eigenvalue weighted by molar-refractivity contribution is 0.0589. The third-order valence-corrected chi connectivity index (χ3v) is 10.5. The SMILES string of the molecule is Cc1cc2[nH]c(-c3nn(COCC[Si](C)(C)C)c4c3C[C@@H]3[C@H](C)[C@]3(C)C4)nc2cc1N(C)C(=O)OC(C)(C)C. The predicted octanol–water partition coefficient (Wildman–Crippen LogP) is 6.79. The Labute approximate surface area is 233 Å². The van der Waals surface area contributed by atoms with E-state index in [0.29, 0.717) is 24.0 Å². The molecule has 2 aliphatic carbocycles. The third kappa shape index (κ3) is 5.40. The molecule has 2 heterocycles. The molecule has 0 saturated heterocycles. The van der Waals surface area contributed by atoms with E-state index in [-0.39, 0.29) is 6.09 Å². The van der Waals surface area contributed by atoms with Crippen LogP contribution in [-0.2, 0) is 29.0 Å². The van der Waals surface area contributed by atoms with Gasteiger partial charge in [-0.05, 0) is 81.5 Å². The minimum atomic E-state index is -1.15. The van der Waals surface area contributed by atoms with Crippen molar-refractivity contribution in [1.29, 1.82) is 0 Å². The second-order valence-electron chi connectivity index (χ2n) is 14.2. The zero-order chi connectivity index (χ0) is 28.5. The van der Waals surface area contributed by atoms with Crippen LogP contribution in [0.3, 0.4) is 0 Å². The Hall–Kier alpha value is -2.65. The Morgan fingerprint density at radius 2 is 2.00 bits per heavy atom. The van der Waals surface area contributed by atoms with E-state index in [9.17, 15) is 4.79 Å². The van der Waals surface area contributed by atoms with Gasteiger partial charge >= 0.3 is 6.09 Å². The summed E-state index contributed by atoms with van der Waals surface area (Å²) in [5.74, 6) is 2.17. The highest BCUT2D eigenvalue weighted by Crippen LogP contribution is 2.64. The number of aryl methyl sites for hydroxylation is 1. The summed E-state index contributed by atoms with van der Waals surface area (Å²) in [6.45, 7) is 20.8. The number of imidazole rings is 1. The lowest BCUT2D eigenvalue weighted by Crippen LogP contribution is -2.34. The Morgan fingerprint density at radius 3 is 2.67 bits per heavy atom. The smallest absolute Gasteiger partial charge is 0.414 e. The molecule has 9 heteroatoms. The summed E-state index contributed by atoms with van der Waals surface area (Å²) in [6, 6.07) is 5.14. The quantitative estimate of drug-likeness (QED) is 0.258. The lowest BCUT2D eigenvalue weighted by atomic mass is 9.87. The number of ether oxygens (including phenoxy) is 2. The molecular formula is C30H45N5O3Si. The van der Waals surface area contributed by atoms with Crippen LogP contribution in [0.2, 0.25) is 25.7 Å². The summed E-state index contributed by atoms with van der Waals surface area (Å²) in [5.41, 5.74) is 6.80. The number of hydrogen-bond acceptors (Lipinski definition) is 5. The number of anilines is 1. The van der Waals surface area contributed by atoms with Crippen LogP contribution < -0.4 is 4.90 Å². The third-order valence-electron chi connectivity index (χ3n) is 8.78. The van der Waals surface area contributed by atoms with E-state index < -0.39 is 13.7 Å². The van der Waals surface area contributed by atoms with Crippen LogP contribution in [0, 0.1) is 24.2 Å². The van der Waals surface area contributed by atoms with Crippen molar-refractivity contribution in [3.63, 3.8) is 0 Å². The highest BCUT2D eigenvalue weighted by molar-refractivity contribution is 6.76. The van der Waals surface area contributed by atoms with Crippen molar-refractivity contribution in [2.75, 3.05) is 18.6 Å². The normalized spacial score (nSPS) is 22.5. The molecule has 2 aromatic heterocycles. The first-order valence-corrected chi connectivity index (χ1v) is 17.9. The van der Waals surface area contributed by atoms with Crippen molar-refractivity contribution in [1.82, 2.24) is 19.7 Å². The Kier molecular flexibility index (Phi) is 6.78. The first-order chi connectivity index (χ1) is 18.1. The molecule has 1 N–H and O–H groups in total. The molecule has 0 bridgehead atoms. The number of carbonyl (C=O) groups excluding carboxylic acids is 1. The van der Waals surface area contributed by atoms with Crippen molar-refractivity contribution < 1.29 is 14.3 Å². The van der Waals surface area contributed by atoms with Gasteiger partial charge in [0, 0.05) is 33.0 Å². The summed E-state index contributed by atoms with van der Waals surface area (Å²) in [5, 5.41) is 5.08. The fourth-order valence-corrected chi connectivity index (χ4v) is 6.78. The van der Waals surface area contributed by atoms with Gasteiger partial charge in [-0.3, -0.25) is 4.90 Å². The average Bonchev–Trinajstić information content (AvgIpc) is 3.12. The molecule has 3 atom stereocenters. The van der Waals surface area contributed by atoms with E-state index in [0.717, 1.165) is 59.3 Å². The lowest BCUT2D eigenvalue weighted by Gasteiger charge is -2.25. The standard InChI is InChI=1S/C30H45N5O3Si/c1-18-13-22-23(15-24(18)34(7)28(36)38-29(3,4)5)32-27(31-22)26-20-14-21-19(2)30(21,6)16-25(20)35(33-26)17-37-11-12-39(8,9)10/h13,15,19,21H,11-12,14,16-17H2,1-10H3,(H,31,32)/t19-,21+,30-/m0/s1. The Morgan fingerprint density at radius 1 is 1.28 bits per heavy atom. The molecule has 5 rings (SSSR count). The zero-order valence-electron chi connectivity index (χ0n) is 25.4. The molecule has 212 valence electrons. The number of hydrogen-bond donors (Lipinski definition) is 1. The summed E-state index contributed by atoms with van der Waals surface area (Å²) in [6.07, 6.45) is 1.67. The van der Waals surface area contributed by atoms with E-state index in [1.54, 1.807) is 11.9 Å². The number of nitrogens with zero attached hydrogens (tertiary/aromatic N) is 4. The summed E-state index contributed by atoms with van der Waals surface area (Å²) in [7, 11) is 0.585. The Bertz CT molecular complexity index is 1410. The number of rotatable bonds is 7. The molecule has 3 aromatic rings. The monoisotopic (exact) mass is 551 g/mol. The second kappa shape index (κ2) is 9.47. The van der Waals surface area contributed by atoms with Gasteiger partial charge in [0.05, 0.1) is 16.7 Å². The molecule has 0 spiro atoms.